The van der Waals surface area contributed by atoms with Gasteiger partial charge in [-0.3, -0.25) is 4.79 Å². The number of hydrogen-bond acceptors (Lipinski definition) is 3. The van der Waals surface area contributed by atoms with Crippen molar-refractivity contribution in [3.63, 3.8) is 0 Å². The zero-order valence-corrected chi connectivity index (χ0v) is 14.6. The molecular formula is C19H21F3N2O2. The zero-order chi connectivity index (χ0) is 19.2. The van der Waals surface area contributed by atoms with Crippen molar-refractivity contribution in [2.75, 3.05) is 17.2 Å². The minimum atomic E-state index is -4.51. The van der Waals surface area contributed by atoms with E-state index in [1.807, 2.05) is 38.1 Å². The van der Waals surface area contributed by atoms with Gasteiger partial charge in [0.1, 0.15) is 5.75 Å². The van der Waals surface area contributed by atoms with Crippen LogP contribution in [0.15, 0.2) is 48.5 Å². The van der Waals surface area contributed by atoms with Crippen LogP contribution in [0.5, 0.6) is 5.75 Å². The van der Waals surface area contributed by atoms with E-state index >= 15 is 0 Å². The average molecular weight is 366 g/mol. The summed E-state index contributed by atoms with van der Waals surface area (Å²) in [5, 5.41) is 5.36. The fourth-order valence-electron chi connectivity index (χ4n) is 2.30. The van der Waals surface area contributed by atoms with Crippen LogP contribution in [0.2, 0.25) is 0 Å². The molecule has 0 fully saturated rings. The lowest BCUT2D eigenvalue weighted by Crippen LogP contribution is -2.19. The third-order valence-corrected chi connectivity index (χ3v) is 3.41. The molecule has 1 amide bonds. The second-order valence-electron chi connectivity index (χ2n) is 5.96. The summed E-state index contributed by atoms with van der Waals surface area (Å²) in [5.41, 5.74) is -0.299. The van der Waals surface area contributed by atoms with Crippen LogP contribution in [-0.4, -0.2) is 18.6 Å². The Morgan fingerprint density at radius 1 is 1.08 bits per heavy atom. The summed E-state index contributed by atoms with van der Waals surface area (Å²) in [4.78, 5) is 11.9. The zero-order valence-electron chi connectivity index (χ0n) is 14.6. The highest BCUT2D eigenvalue weighted by Gasteiger charge is 2.33. The molecule has 0 aliphatic carbocycles. The minimum Gasteiger partial charge on any atom is -0.491 e. The standard InChI is InChI=1S/C19H21F3N2O2/c1-13(2)26-15-9-7-14(8-10-15)23-12-11-18(25)24-17-6-4-3-5-16(17)19(20,21)22/h3-10,13,23H,11-12H2,1-2H3,(H,24,25). The van der Waals surface area contributed by atoms with E-state index in [4.69, 9.17) is 4.74 Å². The molecule has 0 spiro atoms. The van der Waals surface area contributed by atoms with Crippen LogP contribution in [0, 0.1) is 0 Å². The maximum atomic E-state index is 12.9. The number of rotatable bonds is 7. The Balaban J connectivity index is 1.84. The number of ether oxygens (including phenoxy) is 1. The second-order valence-corrected chi connectivity index (χ2v) is 5.96. The van der Waals surface area contributed by atoms with Crippen LogP contribution in [0.3, 0.4) is 0 Å². The van der Waals surface area contributed by atoms with Crippen molar-refractivity contribution in [2.45, 2.75) is 32.5 Å². The number of nitrogens with one attached hydrogen (secondary N) is 2. The van der Waals surface area contributed by atoms with Gasteiger partial charge in [-0.15, -0.1) is 0 Å². The Bertz CT molecular complexity index is 728. The number of hydrogen-bond donors (Lipinski definition) is 2. The van der Waals surface area contributed by atoms with Crippen LogP contribution in [0.25, 0.3) is 0 Å². The Morgan fingerprint density at radius 3 is 2.35 bits per heavy atom. The lowest BCUT2D eigenvalue weighted by molar-refractivity contribution is -0.137. The molecule has 0 unspecified atom stereocenters. The Hall–Kier alpha value is -2.70. The number of anilines is 2. The van der Waals surface area contributed by atoms with E-state index in [2.05, 4.69) is 10.6 Å². The number of halogens is 3. The molecule has 2 aromatic carbocycles. The van der Waals surface area contributed by atoms with Crippen molar-refractivity contribution in [3.05, 3.63) is 54.1 Å². The van der Waals surface area contributed by atoms with Crippen LogP contribution in [-0.2, 0) is 11.0 Å². The number of benzene rings is 2. The van der Waals surface area contributed by atoms with Crippen LogP contribution < -0.4 is 15.4 Å². The van der Waals surface area contributed by atoms with Gasteiger partial charge in [-0.1, -0.05) is 12.1 Å². The summed E-state index contributed by atoms with van der Waals surface area (Å²) in [6, 6.07) is 12.2. The quantitative estimate of drug-likeness (QED) is 0.730. The van der Waals surface area contributed by atoms with E-state index in [0.717, 1.165) is 17.5 Å². The van der Waals surface area contributed by atoms with Gasteiger partial charge in [-0.2, -0.15) is 13.2 Å². The molecular weight excluding hydrogens is 345 g/mol. The highest BCUT2D eigenvalue weighted by molar-refractivity contribution is 5.91. The Morgan fingerprint density at radius 2 is 1.73 bits per heavy atom. The number of carbonyl (C=O) groups excluding carboxylic acids is 1. The van der Waals surface area contributed by atoms with Gasteiger partial charge in [-0.25, -0.2) is 0 Å². The molecule has 0 aromatic heterocycles. The number of amides is 1. The molecule has 2 N–H and O–H groups in total. The van der Waals surface area contributed by atoms with Gasteiger partial charge in [0.15, 0.2) is 0 Å². The maximum Gasteiger partial charge on any atom is 0.418 e. The van der Waals surface area contributed by atoms with E-state index in [0.29, 0.717) is 6.54 Å². The van der Waals surface area contributed by atoms with Gasteiger partial charge in [0, 0.05) is 18.7 Å². The molecule has 0 radical (unpaired) electrons. The topological polar surface area (TPSA) is 50.4 Å². The van der Waals surface area contributed by atoms with E-state index in [1.54, 1.807) is 0 Å². The fourth-order valence-corrected chi connectivity index (χ4v) is 2.30. The van der Waals surface area contributed by atoms with Crippen LogP contribution >= 0.6 is 0 Å². The highest BCUT2D eigenvalue weighted by Crippen LogP contribution is 2.34. The molecule has 7 heteroatoms. The highest BCUT2D eigenvalue weighted by atomic mass is 19.4. The fraction of sp³-hybridized carbons (Fsp3) is 0.316. The first kappa shape index (κ1) is 19.6. The summed E-state index contributed by atoms with van der Waals surface area (Å²) in [6.07, 6.45) is -4.39. The number of carbonyl (C=O) groups is 1. The summed E-state index contributed by atoms with van der Waals surface area (Å²) in [7, 11) is 0. The van der Waals surface area contributed by atoms with Gasteiger partial charge >= 0.3 is 6.18 Å². The predicted molar refractivity (Wildman–Crippen MR) is 95.4 cm³/mol. The van der Waals surface area contributed by atoms with Crippen LogP contribution in [0.1, 0.15) is 25.8 Å². The summed E-state index contributed by atoms with van der Waals surface area (Å²) < 4.78 is 44.3. The maximum absolute atomic E-state index is 12.9. The Labute approximate surface area is 150 Å². The monoisotopic (exact) mass is 366 g/mol. The first-order valence-electron chi connectivity index (χ1n) is 8.22. The molecule has 0 bridgehead atoms. The van der Waals surface area contributed by atoms with Crippen molar-refractivity contribution < 1.29 is 22.7 Å². The summed E-state index contributed by atoms with van der Waals surface area (Å²) in [5.74, 6) is 0.251. The van der Waals surface area contributed by atoms with Gasteiger partial charge in [0.2, 0.25) is 5.91 Å². The van der Waals surface area contributed by atoms with E-state index < -0.39 is 17.6 Å². The average Bonchev–Trinajstić information content (AvgIpc) is 2.55. The molecule has 0 aliphatic heterocycles. The first-order chi connectivity index (χ1) is 12.3. The van der Waals surface area contributed by atoms with Crippen molar-refractivity contribution in [1.29, 1.82) is 0 Å². The van der Waals surface area contributed by atoms with Crippen molar-refractivity contribution >= 4 is 17.3 Å². The van der Waals surface area contributed by atoms with Gasteiger partial charge in [0.25, 0.3) is 0 Å². The molecule has 4 nitrogen and oxygen atoms in total. The second kappa shape index (κ2) is 8.60. The lowest BCUT2D eigenvalue weighted by atomic mass is 10.1. The molecule has 0 aliphatic rings. The smallest absolute Gasteiger partial charge is 0.418 e. The first-order valence-corrected chi connectivity index (χ1v) is 8.22. The Kier molecular flexibility index (Phi) is 6.49. The van der Waals surface area contributed by atoms with Crippen molar-refractivity contribution in [1.82, 2.24) is 0 Å². The molecule has 140 valence electrons. The van der Waals surface area contributed by atoms with Gasteiger partial charge < -0.3 is 15.4 Å². The summed E-state index contributed by atoms with van der Waals surface area (Å²) >= 11 is 0. The molecule has 0 heterocycles. The SMILES string of the molecule is CC(C)Oc1ccc(NCCC(=O)Nc2ccccc2C(F)(F)F)cc1. The molecule has 0 saturated heterocycles. The molecule has 0 atom stereocenters. The third-order valence-electron chi connectivity index (χ3n) is 3.41. The van der Waals surface area contributed by atoms with E-state index in [9.17, 15) is 18.0 Å². The minimum absolute atomic E-state index is 0.0381. The van der Waals surface area contributed by atoms with E-state index in [1.165, 1.54) is 18.2 Å². The number of alkyl halides is 3. The molecule has 0 saturated carbocycles. The third kappa shape index (κ3) is 5.98. The van der Waals surface area contributed by atoms with Crippen molar-refractivity contribution in [3.8, 4) is 5.75 Å². The van der Waals surface area contributed by atoms with Gasteiger partial charge in [-0.05, 0) is 50.2 Å². The van der Waals surface area contributed by atoms with Crippen molar-refractivity contribution in [2.24, 2.45) is 0 Å². The lowest BCUT2D eigenvalue weighted by Gasteiger charge is -2.14. The van der Waals surface area contributed by atoms with Crippen LogP contribution in [0.4, 0.5) is 24.5 Å². The molecule has 26 heavy (non-hydrogen) atoms. The molecule has 2 aromatic rings. The normalized spacial score (nSPS) is 11.3. The number of para-hydroxylation sites is 1. The largest absolute Gasteiger partial charge is 0.491 e. The van der Waals surface area contributed by atoms with Gasteiger partial charge in [0.05, 0.1) is 17.4 Å². The predicted octanol–water partition coefficient (Wildman–Crippen LogP) is 4.93. The van der Waals surface area contributed by atoms with E-state index in [-0.39, 0.29) is 18.2 Å². The summed E-state index contributed by atoms with van der Waals surface area (Å²) in [6.45, 7) is 4.16. The molecule has 2 rings (SSSR count).